The smallest absolute Gasteiger partial charge is 0.462 e. The minimum atomic E-state index is -4.38. The lowest BCUT2D eigenvalue weighted by molar-refractivity contribution is -0.161. The maximum atomic E-state index is 12.7. The standard InChI is InChI=1S/C52H100NO8P/c1-3-5-7-9-11-13-15-17-19-20-21-22-23-24-25-26-27-28-29-30-31-33-35-37-39-41-43-45-52(55)61-50(49-60-62(56,57)59-47-46-53)48-58-51(54)44-42-40-38-36-34-32-18-16-14-12-10-8-6-4-2/h15,17,20-21,50H,3-14,16,18-19,22-49,53H2,1-2H3,(H,56,57)/b17-15-,21-20-. The first kappa shape index (κ1) is 60.5. The molecule has 366 valence electrons. The highest BCUT2D eigenvalue weighted by Crippen LogP contribution is 2.43. The van der Waals surface area contributed by atoms with Gasteiger partial charge in [-0.15, -0.1) is 0 Å². The Morgan fingerprint density at radius 2 is 0.839 bits per heavy atom. The Morgan fingerprint density at radius 3 is 1.23 bits per heavy atom. The van der Waals surface area contributed by atoms with E-state index in [0.29, 0.717) is 6.42 Å². The molecule has 0 radical (unpaired) electrons. The SMILES string of the molecule is CCCCCCC/C=C\C/C=C\CCCCCCCCCCCCCCCCCC(=O)OC(COC(=O)CCCCCCCCCCCCCCCC)COP(=O)(O)OCCN. The van der Waals surface area contributed by atoms with Gasteiger partial charge in [0, 0.05) is 19.4 Å². The minimum Gasteiger partial charge on any atom is -0.462 e. The van der Waals surface area contributed by atoms with Gasteiger partial charge >= 0.3 is 19.8 Å². The molecule has 3 N–H and O–H groups in total. The van der Waals surface area contributed by atoms with Crippen molar-refractivity contribution in [2.75, 3.05) is 26.4 Å². The Morgan fingerprint density at radius 1 is 0.484 bits per heavy atom. The number of carbonyl (C=O) groups is 2. The molecular formula is C52H100NO8P. The van der Waals surface area contributed by atoms with E-state index in [9.17, 15) is 19.0 Å². The Balaban J connectivity index is 3.94. The number of hydrogen-bond donors (Lipinski definition) is 2. The van der Waals surface area contributed by atoms with Crippen molar-refractivity contribution in [3.63, 3.8) is 0 Å². The average molecular weight is 898 g/mol. The van der Waals surface area contributed by atoms with Gasteiger partial charge < -0.3 is 20.1 Å². The summed E-state index contributed by atoms with van der Waals surface area (Å²) in [5.74, 6) is -0.814. The molecule has 10 heteroatoms. The number of unbranched alkanes of at least 4 members (excludes halogenated alkanes) is 33. The lowest BCUT2D eigenvalue weighted by Crippen LogP contribution is -2.29. The third-order valence-corrected chi connectivity index (χ3v) is 12.6. The van der Waals surface area contributed by atoms with Crippen LogP contribution >= 0.6 is 7.82 Å². The molecule has 0 saturated carbocycles. The van der Waals surface area contributed by atoms with Crippen molar-refractivity contribution in [3.8, 4) is 0 Å². The molecule has 0 fully saturated rings. The van der Waals surface area contributed by atoms with Crippen LogP contribution in [-0.4, -0.2) is 49.3 Å². The summed E-state index contributed by atoms with van der Waals surface area (Å²) in [4.78, 5) is 35.0. The maximum Gasteiger partial charge on any atom is 0.472 e. The number of phosphoric ester groups is 1. The lowest BCUT2D eigenvalue weighted by Gasteiger charge is -2.19. The Kier molecular flexibility index (Phi) is 47.7. The zero-order valence-electron chi connectivity index (χ0n) is 40.6. The highest BCUT2D eigenvalue weighted by molar-refractivity contribution is 7.47. The van der Waals surface area contributed by atoms with Gasteiger partial charge in [-0.3, -0.25) is 18.6 Å². The van der Waals surface area contributed by atoms with Crippen molar-refractivity contribution in [1.29, 1.82) is 0 Å². The molecule has 0 saturated heterocycles. The highest BCUT2D eigenvalue weighted by atomic mass is 31.2. The monoisotopic (exact) mass is 898 g/mol. The van der Waals surface area contributed by atoms with E-state index in [1.165, 1.54) is 193 Å². The molecule has 0 aromatic rings. The van der Waals surface area contributed by atoms with Gasteiger partial charge in [-0.25, -0.2) is 4.57 Å². The predicted octanol–water partition coefficient (Wildman–Crippen LogP) is 15.9. The number of rotatable bonds is 50. The summed E-state index contributed by atoms with van der Waals surface area (Å²) in [6.45, 7) is 3.77. The minimum absolute atomic E-state index is 0.0560. The van der Waals surface area contributed by atoms with Crippen LogP contribution in [0.1, 0.15) is 264 Å². The summed E-state index contributed by atoms with van der Waals surface area (Å²) in [5.41, 5.74) is 5.37. The van der Waals surface area contributed by atoms with Crippen LogP contribution in [0.5, 0.6) is 0 Å². The van der Waals surface area contributed by atoms with Gasteiger partial charge in [-0.1, -0.05) is 231 Å². The summed E-state index contributed by atoms with van der Waals surface area (Å²) in [6.07, 6.45) is 55.1. The molecule has 0 aromatic carbocycles. The molecule has 2 atom stereocenters. The van der Waals surface area contributed by atoms with Crippen molar-refractivity contribution in [2.24, 2.45) is 5.73 Å². The second-order valence-electron chi connectivity index (χ2n) is 17.8. The third kappa shape index (κ3) is 48.0. The van der Waals surface area contributed by atoms with Crippen molar-refractivity contribution >= 4 is 19.8 Å². The first-order valence-electron chi connectivity index (χ1n) is 26.3. The van der Waals surface area contributed by atoms with Crippen LogP contribution in [0.25, 0.3) is 0 Å². The summed E-state index contributed by atoms with van der Waals surface area (Å²) < 4.78 is 32.9. The molecule has 0 spiro atoms. The van der Waals surface area contributed by atoms with Crippen LogP contribution < -0.4 is 5.73 Å². The summed E-state index contributed by atoms with van der Waals surface area (Å²) in [6, 6.07) is 0. The number of ether oxygens (including phenoxy) is 2. The van der Waals surface area contributed by atoms with Crippen molar-refractivity contribution < 1.29 is 37.6 Å². The largest absolute Gasteiger partial charge is 0.472 e. The van der Waals surface area contributed by atoms with Gasteiger partial charge in [-0.05, 0) is 44.9 Å². The summed E-state index contributed by atoms with van der Waals surface area (Å²) in [5, 5.41) is 0. The maximum absolute atomic E-state index is 12.7. The molecular weight excluding hydrogens is 798 g/mol. The fourth-order valence-corrected chi connectivity index (χ4v) is 8.43. The van der Waals surface area contributed by atoms with Crippen molar-refractivity contribution in [1.82, 2.24) is 0 Å². The van der Waals surface area contributed by atoms with E-state index in [0.717, 1.165) is 38.5 Å². The van der Waals surface area contributed by atoms with Gasteiger partial charge in [0.2, 0.25) is 0 Å². The third-order valence-electron chi connectivity index (χ3n) is 11.6. The zero-order valence-corrected chi connectivity index (χ0v) is 41.5. The molecule has 0 heterocycles. The molecule has 9 nitrogen and oxygen atoms in total. The van der Waals surface area contributed by atoms with Crippen LogP contribution in [-0.2, 0) is 32.7 Å². The first-order valence-corrected chi connectivity index (χ1v) is 27.8. The van der Waals surface area contributed by atoms with E-state index < -0.39 is 26.5 Å². The molecule has 0 aromatic heterocycles. The molecule has 0 aliphatic heterocycles. The summed E-state index contributed by atoms with van der Waals surface area (Å²) in [7, 11) is -4.38. The Hall–Kier alpha value is -1.51. The lowest BCUT2D eigenvalue weighted by atomic mass is 10.0. The number of nitrogens with two attached hydrogens (primary N) is 1. The second kappa shape index (κ2) is 48.9. The van der Waals surface area contributed by atoms with Crippen LogP contribution in [0.15, 0.2) is 24.3 Å². The molecule has 0 aliphatic rings. The van der Waals surface area contributed by atoms with Gasteiger partial charge in [0.15, 0.2) is 6.10 Å². The van der Waals surface area contributed by atoms with E-state index in [-0.39, 0.29) is 38.6 Å². The first-order chi connectivity index (χ1) is 30.3. The van der Waals surface area contributed by atoms with Crippen molar-refractivity contribution in [3.05, 3.63) is 24.3 Å². The zero-order chi connectivity index (χ0) is 45.3. The van der Waals surface area contributed by atoms with Crippen LogP contribution in [0.2, 0.25) is 0 Å². The normalized spacial score (nSPS) is 13.3. The van der Waals surface area contributed by atoms with Gasteiger partial charge in [0.05, 0.1) is 13.2 Å². The quantitative estimate of drug-likeness (QED) is 0.0265. The predicted molar refractivity (Wildman–Crippen MR) is 261 cm³/mol. The molecule has 0 aliphatic carbocycles. The van der Waals surface area contributed by atoms with Gasteiger partial charge in [-0.2, -0.15) is 0 Å². The van der Waals surface area contributed by atoms with E-state index in [2.05, 4.69) is 38.2 Å². The van der Waals surface area contributed by atoms with Crippen LogP contribution in [0.4, 0.5) is 0 Å². The fraction of sp³-hybridized carbons (Fsp3) is 0.885. The molecule has 62 heavy (non-hydrogen) atoms. The Labute approximate surface area is 382 Å². The molecule has 0 rings (SSSR count). The number of phosphoric acid groups is 1. The van der Waals surface area contributed by atoms with Crippen LogP contribution in [0, 0.1) is 0 Å². The average Bonchev–Trinajstić information content (AvgIpc) is 3.26. The fourth-order valence-electron chi connectivity index (χ4n) is 7.67. The van der Waals surface area contributed by atoms with E-state index in [4.69, 9.17) is 24.3 Å². The molecule has 0 bridgehead atoms. The van der Waals surface area contributed by atoms with Crippen molar-refractivity contribution in [2.45, 2.75) is 270 Å². The number of hydrogen-bond acceptors (Lipinski definition) is 8. The van der Waals surface area contributed by atoms with Crippen LogP contribution in [0.3, 0.4) is 0 Å². The topological polar surface area (TPSA) is 134 Å². The second-order valence-corrected chi connectivity index (χ2v) is 19.2. The van der Waals surface area contributed by atoms with Gasteiger partial charge in [0.1, 0.15) is 6.61 Å². The summed E-state index contributed by atoms with van der Waals surface area (Å²) >= 11 is 0. The number of esters is 2. The molecule has 2 unspecified atom stereocenters. The molecule has 0 amide bonds. The Bertz CT molecular complexity index is 1070. The van der Waals surface area contributed by atoms with Gasteiger partial charge in [0.25, 0.3) is 0 Å². The number of carbonyl (C=O) groups excluding carboxylic acids is 2. The van der Waals surface area contributed by atoms with E-state index in [1.54, 1.807) is 0 Å². The number of allylic oxidation sites excluding steroid dienone is 4. The van der Waals surface area contributed by atoms with E-state index >= 15 is 0 Å². The van der Waals surface area contributed by atoms with E-state index in [1.807, 2.05) is 0 Å². The highest BCUT2D eigenvalue weighted by Gasteiger charge is 2.26.